The van der Waals surface area contributed by atoms with Gasteiger partial charge in [-0.15, -0.1) is 0 Å². The Morgan fingerprint density at radius 2 is 1.23 bits per heavy atom. The molecule has 1 fully saturated rings. The van der Waals surface area contributed by atoms with Gasteiger partial charge >= 0.3 is 0 Å². The van der Waals surface area contributed by atoms with Gasteiger partial charge in [-0.2, -0.15) is 0 Å². The highest BCUT2D eigenvalue weighted by molar-refractivity contribution is 5.81. The summed E-state index contributed by atoms with van der Waals surface area (Å²) in [4.78, 5) is 9.67. The Balaban J connectivity index is 1.70. The van der Waals surface area contributed by atoms with E-state index < -0.39 is 0 Å². The van der Waals surface area contributed by atoms with Crippen LogP contribution >= 0.6 is 0 Å². The van der Waals surface area contributed by atoms with Gasteiger partial charge in [0, 0.05) is 12.4 Å². The second-order valence-electron chi connectivity index (χ2n) is 6.53. The van der Waals surface area contributed by atoms with Crippen LogP contribution in [0.1, 0.15) is 36.8 Å². The summed E-state index contributed by atoms with van der Waals surface area (Å²) in [6.45, 7) is 0. The fourth-order valence-electron chi connectivity index (χ4n) is 3.25. The number of aliphatic imine (C=N–C) groups is 2. The van der Waals surface area contributed by atoms with Crippen LogP contribution in [0.2, 0.25) is 0 Å². The molecule has 26 heavy (non-hydrogen) atoms. The van der Waals surface area contributed by atoms with Crippen LogP contribution in [0.25, 0.3) is 0 Å². The zero-order valence-electron chi connectivity index (χ0n) is 15.5. The van der Waals surface area contributed by atoms with Crippen LogP contribution in [0.4, 0.5) is 0 Å². The molecule has 3 rings (SSSR count). The van der Waals surface area contributed by atoms with E-state index in [-0.39, 0.29) is 12.1 Å². The van der Waals surface area contributed by atoms with E-state index in [1.165, 1.54) is 12.8 Å². The van der Waals surface area contributed by atoms with E-state index in [1.54, 1.807) is 14.2 Å². The van der Waals surface area contributed by atoms with Gasteiger partial charge in [-0.1, -0.05) is 37.1 Å². The molecule has 0 aliphatic heterocycles. The highest BCUT2D eigenvalue weighted by Gasteiger charge is 2.23. The molecule has 2 aromatic rings. The van der Waals surface area contributed by atoms with Gasteiger partial charge in [0.25, 0.3) is 0 Å². The van der Waals surface area contributed by atoms with E-state index in [0.29, 0.717) is 0 Å². The van der Waals surface area contributed by atoms with Gasteiger partial charge in [0.2, 0.25) is 0 Å². The van der Waals surface area contributed by atoms with Crippen molar-refractivity contribution in [1.82, 2.24) is 0 Å². The Kier molecular flexibility index (Phi) is 6.42. The van der Waals surface area contributed by atoms with Crippen molar-refractivity contribution in [2.24, 2.45) is 9.98 Å². The predicted molar refractivity (Wildman–Crippen MR) is 107 cm³/mol. The normalized spacial score (nSPS) is 20.5. The molecule has 136 valence electrons. The first-order valence-electron chi connectivity index (χ1n) is 9.13. The van der Waals surface area contributed by atoms with Crippen LogP contribution in [0.3, 0.4) is 0 Å². The second-order valence-corrected chi connectivity index (χ2v) is 6.53. The number of hydrogen-bond acceptors (Lipinski definition) is 4. The smallest absolute Gasteiger partial charge is 0.119 e. The summed E-state index contributed by atoms with van der Waals surface area (Å²) < 4.78 is 10.6. The molecule has 2 aromatic carbocycles. The van der Waals surface area contributed by atoms with Crippen molar-refractivity contribution >= 4 is 12.4 Å². The number of benzene rings is 2. The van der Waals surface area contributed by atoms with Crippen molar-refractivity contribution in [3.63, 3.8) is 0 Å². The van der Waals surface area contributed by atoms with Crippen molar-refractivity contribution in [1.29, 1.82) is 0 Å². The zero-order chi connectivity index (χ0) is 18.2. The first-order valence-corrected chi connectivity index (χ1v) is 9.13. The van der Waals surface area contributed by atoms with Crippen LogP contribution in [0.5, 0.6) is 11.5 Å². The predicted octanol–water partition coefficient (Wildman–Crippen LogP) is 4.55. The number of nitrogens with zero attached hydrogens (tertiary/aromatic N) is 2. The first kappa shape index (κ1) is 18.2. The van der Waals surface area contributed by atoms with Gasteiger partial charge in [0.15, 0.2) is 0 Å². The third-order valence-electron chi connectivity index (χ3n) is 4.71. The SMILES string of the molecule is COc1cccc(/C=N/C2CCCCC2/N=C/c2cccc(OC)c2)c1. The molecule has 0 radical (unpaired) electrons. The largest absolute Gasteiger partial charge is 0.497 e. The number of hydrogen-bond donors (Lipinski definition) is 0. The Hall–Kier alpha value is -2.62. The average molecular weight is 350 g/mol. The summed E-state index contributed by atoms with van der Waals surface area (Å²) in [5.74, 6) is 1.70. The minimum absolute atomic E-state index is 0.233. The molecule has 1 aliphatic carbocycles. The number of ether oxygens (including phenoxy) is 2. The third kappa shape index (κ3) is 4.94. The van der Waals surface area contributed by atoms with Crippen molar-refractivity contribution in [2.45, 2.75) is 37.8 Å². The summed E-state index contributed by atoms with van der Waals surface area (Å²) in [5, 5.41) is 0. The Morgan fingerprint density at radius 1 is 0.769 bits per heavy atom. The van der Waals surface area contributed by atoms with Gasteiger partial charge in [-0.3, -0.25) is 9.98 Å². The lowest BCUT2D eigenvalue weighted by Crippen LogP contribution is -2.27. The lowest BCUT2D eigenvalue weighted by molar-refractivity contribution is 0.390. The van der Waals surface area contributed by atoms with Gasteiger partial charge in [0.05, 0.1) is 26.3 Å². The fourth-order valence-corrected chi connectivity index (χ4v) is 3.25. The summed E-state index contributed by atoms with van der Waals surface area (Å²) >= 11 is 0. The molecule has 1 aliphatic rings. The molecule has 0 N–H and O–H groups in total. The molecule has 2 unspecified atom stereocenters. The van der Waals surface area contributed by atoms with E-state index in [9.17, 15) is 0 Å². The molecule has 0 spiro atoms. The molecule has 0 aromatic heterocycles. The highest BCUT2D eigenvalue weighted by Crippen LogP contribution is 2.24. The Morgan fingerprint density at radius 3 is 1.65 bits per heavy atom. The first-order chi connectivity index (χ1) is 12.8. The summed E-state index contributed by atoms with van der Waals surface area (Å²) in [6, 6.07) is 16.4. The topological polar surface area (TPSA) is 43.2 Å². The van der Waals surface area contributed by atoms with Crippen molar-refractivity contribution in [2.75, 3.05) is 14.2 Å². The van der Waals surface area contributed by atoms with E-state index >= 15 is 0 Å². The lowest BCUT2D eigenvalue weighted by atomic mass is 9.91. The lowest BCUT2D eigenvalue weighted by Gasteiger charge is -2.25. The van der Waals surface area contributed by atoms with E-state index in [2.05, 4.69) is 0 Å². The van der Waals surface area contributed by atoms with Gasteiger partial charge in [-0.05, 0) is 48.2 Å². The molecule has 2 atom stereocenters. The minimum Gasteiger partial charge on any atom is -0.497 e. The Labute approximate surface area is 155 Å². The monoisotopic (exact) mass is 350 g/mol. The minimum atomic E-state index is 0.233. The van der Waals surface area contributed by atoms with Crippen LogP contribution in [0, 0.1) is 0 Å². The molecule has 4 heteroatoms. The summed E-state index contributed by atoms with van der Waals surface area (Å²) in [5.41, 5.74) is 2.12. The van der Waals surface area contributed by atoms with E-state index in [4.69, 9.17) is 19.5 Å². The van der Waals surface area contributed by atoms with Crippen LogP contribution < -0.4 is 9.47 Å². The molecule has 4 nitrogen and oxygen atoms in total. The quantitative estimate of drug-likeness (QED) is 0.717. The maximum atomic E-state index is 5.28. The number of methoxy groups -OCH3 is 2. The second kappa shape index (κ2) is 9.18. The Bertz CT molecular complexity index is 705. The van der Waals surface area contributed by atoms with Gasteiger partial charge < -0.3 is 9.47 Å². The van der Waals surface area contributed by atoms with E-state index in [0.717, 1.165) is 35.5 Å². The average Bonchev–Trinajstić information content (AvgIpc) is 2.71. The molecule has 0 amide bonds. The van der Waals surface area contributed by atoms with Crippen molar-refractivity contribution in [3.05, 3.63) is 59.7 Å². The molecule has 0 heterocycles. The van der Waals surface area contributed by atoms with E-state index in [1.807, 2.05) is 61.0 Å². The maximum absolute atomic E-state index is 5.28. The molecule has 0 bridgehead atoms. The third-order valence-corrected chi connectivity index (χ3v) is 4.71. The zero-order valence-corrected chi connectivity index (χ0v) is 15.5. The molecular weight excluding hydrogens is 324 g/mol. The maximum Gasteiger partial charge on any atom is 0.119 e. The van der Waals surface area contributed by atoms with Crippen molar-refractivity contribution < 1.29 is 9.47 Å². The van der Waals surface area contributed by atoms with Crippen LogP contribution in [0.15, 0.2) is 58.5 Å². The van der Waals surface area contributed by atoms with Crippen LogP contribution in [-0.4, -0.2) is 38.7 Å². The summed E-state index contributed by atoms with van der Waals surface area (Å²) in [6.07, 6.45) is 8.50. The van der Waals surface area contributed by atoms with Gasteiger partial charge in [0.1, 0.15) is 11.5 Å². The number of rotatable bonds is 6. The standard InChI is InChI=1S/C22H26N2O2/c1-25-19-9-5-7-17(13-19)15-23-21-11-3-4-12-22(21)24-16-18-8-6-10-20(14-18)26-2/h5-10,13-16,21-22H,3-4,11-12H2,1-2H3/b23-15+,24-16+. The summed E-state index contributed by atoms with van der Waals surface area (Å²) in [7, 11) is 3.36. The molecular formula is C22H26N2O2. The molecule has 1 saturated carbocycles. The van der Waals surface area contributed by atoms with Crippen molar-refractivity contribution in [3.8, 4) is 11.5 Å². The van der Waals surface area contributed by atoms with Gasteiger partial charge in [-0.25, -0.2) is 0 Å². The van der Waals surface area contributed by atoms with Crippen LogP contribution in [-0.2, 0) is 0 Å². The highest BCUT2D eigenvalue weighted by atomic mass is 16.5. The fraction of sp³-hybridized carbons (Fsp3) is 0.364. The molecule has 0 saturated heterocycles.